The summed E-state index contributed by atoms with van der Waals surface area (Å²) in [6.45, 7) is 4.85. The number of rotatable bonds is 7. The smallest absolute Gasteiger partial charge is 0.411 e. The number of amides is 3. The van der Waals surface area contributed by atoms with E-state index in [0.717, 1.165) is 0 Å². The topological polar surface area (TPSA) is 159 Å². The maximum Gasteiger partial charge on any atom is 0.411 e. The van der Waals surface area contributed by atoms with Gasteiger partial charge in [-0.25, -0.2) is 13.2 Å². The van der Waals surface area contributed by atoms with Gasteiger partial charge in [-0.1, -0.05) is 23.2 Å². The molecule has 0 bridgehead atoms. The number of carbonyl (C=O) groups excluding carboxylic acids is 3. The zero-order valence-electron chi connectivity index (χ0n) is 25.1. The summed E-state index contributed by atoms with van der Waals surface area (Å²) in [5.74, 6) is -1.51. The van der Waals surface area contributed by atoms with E-state index in [2.05, 4.69) is 16.4 Å². The zero-order valence-corrected chi connectivity index (χ0v) is 27.4. The van der Waals surface area contributed by atoms with E-state index < -0.39 is 62.1 Å². The molecule has 1 aliphatic carbocycles. The Balaban J connectivity index is 1.50. The minimum absolute atomic E-state index is 0.0643. The van der Waals surface area contributed by atoms with Crippen molar-refractivity contribution < 1.29 is 32.3 Å². The van der Waals surface area contributed by atoms with E-state index in [1.807, 2.05) is 0 Å². The van der Waals surface area contributed by atoms with Crippen molar-refractivity contribution in [2.45, 2.75) is 79.3 Å². The first kappa shape index (κ1) is 32.8. The Hall–Kier alpha value is -3.60. The summed E-state index contributed by atoms with van der Waals surface area (Å²) in [5.41, 5.74) is -1.42. The van der Waals surface area contributed by atoms with Crippen LogP contribution in [0.4, 0.5) is 4.79 Å². The molecular weight excluding hydrogens is 645 g/mol. The summed E-state index contributed by atoms with van der Waals surface area (Å²) >= 11 is 12.4. The van der Waals surface area contributed by atoms with Crippen LogP contribution in [-0.4, -0.2) is 89.8 Å². The lowest BCUT2D eigenvalue weighted by Crippen LogP contribution is -2.65. The molecule has 1 saturated carbocycles. The first-order valence-corrected chi connectivity index (χ1v) is 16.6. The van der Waals surface area contributed by atoms with Crippen molar-refractivity contribution in [3.8, 4) is 11.8 Å². The van der Waals surface area contributed by atoms with Crippen LogP contribution in [-0.2, 0) is 24.2 Å². The summed E-state index contributed by atoms with van der Waals surface area (Å²) in [5, 5.41) is 11.4. The van der Waals surface area contributed by atoms with Gasteiger partial charge in [-0.05, 0) is 64.3 Å². The molecule has 1 aromatic carbocycles. The Morgan fingerprint density at radius 2 is 1.82 bits per heavy atom. The number of methoxy groups -OCH3 is 1. The van der Waals surface area contributed by atoms with E-state index >= 15 is 0 Å². The number of aromatic nitrogens is 1. The normalized spacial score (nSPS) is 23.8. The van der Waals surface area contributed by atoms with Gasteiger partial charge in [-0.2, -0.15) is 5.26 Å². The number of nitriles is 1. The second kappa shape index (κ2) is 12.0. The van der Waals surface area contributed by atoms with Crippen molar-refractivity contribution in [3.63, 3.8) is 0 Å². The van der Waals surface area contributed by atoms with Crippen LogP contribution in [0.25, 0.3) is 0 Å². The van der Waals surface area contributed by atoms with Crippen LogP contribution in [0.15, 0.2) is 41.4 Å². The molecule has 2 saturated heterocycles. The number of sulfone groups is 1. The largest absolute Gasteiger partial charge is 0.497 e. The van der Waals surface area contributed by atoms with Crippen molar-refractivity contribution in [2.24, 2.45) is 0 Å². The van der Waals surface area contributed by atoms with Crippen LogP contribution in [0.3, 0.4) is 0 Å². The summed E-state index contributed by atoms with van der Waals surface area (Å²) < 4.78 is 38.5. The number of benzene rings is 1. The number of nitrogens with zero attached hydrogens (tertiary/aromatic N) is 4. The monoisotopic (exact) mass is 677 g/mol. The molecule has 4 atom stereocenters. The molecule has 3 aliphatic rings. The van der Waals surface area contributed by atoms with Gasteiger partial charge in [-0.3, -0.25) is 19.5 Å². The van der Waals surface area contributed by atoms with Crippen LogP contribution >= 0.6 is 23.2 Å². The molecular formula is C30H33Cl2N5O7S. The third-order valence-corrected chi connectivity index (χ3v) is 11.0. The highest BCUT2D eigenvalue weighted by Gasteiger charge is 2.56. The van der Waals surface area contributed by atoms with E-state index in [4.69, 9.17) is 32.7 Å². The van der Waals surface area contributed by atoms with Crippen LogP contribution in [0, 0.1) is 11.3 Å². The lowest BCUT2D eigenvalue weighted by atomic mass is 9.84. The molecule has 3 heterocycles. The third kappa shape index (κ3) is 6.55. The first-order chi connectivity index (χ1) is 21.1. The maximum absolute atomic E-state index is 14.4. The fourth-order valence-electron chi connectivity index (χ4n) is 5.59. The fourth-order valence-corrected chi connectivity index (χ4v) is 7.94. The molecule has 12 nitrogen and oxygen atoms in total. The highest BCUT2D eigenvalue weighted by Crippen LogP contribution is 2.40. The number of hydrogen-bond donors (Lipinski definition) is 1. The van der Waals surface area contributed by atoms with Crippen molar-refractivity contribution in [3.05, 3.63) is 52.3 Å². The molecule has 1 N–H and O–H groups in total. The molecule has 1 aromatic heterocycles. The van der Waals surface area contributed by atoms with Gasteiger partial charge < -0.3 is 19.7 Å². The van der Waals surface area contributed by atoms with Gasteiger partial charge in [-0.15, -0.1) is 0 Å². The summed E-state index contributed by atoms with van der Waals surface area (Å²) in [6, 6.07) is 7.13. The minimum atomic E-state index is -4.16. The van der Waals surface area contributed by atoms with Gasteiger partial charge in [0.2, 0.25) is 11.8 Å². The third-order valence-electron chi connectivity index (χ3n) is 8.18. The number of nitrogens with one attached hydrogen (secondary N) is 1. The fraction of sp³-hybridized carbons (Fsp3) is 0.500. The molecule has 5 rings (SSSR count). The van der Waals surface area contributed by atoms with Crippen LogP contribution in [0.1, 0.15) is 51.6 Å². The standard InChI is InChI=1S/C30H33Cl2N5O7S/c1-29(2,3)44-28(40)37-15-20(22-7-5-17(31)13-34-22)25(37)27(39)36-14-19(12-23(36)26(38)35-30(16-33)9-10-30)45(41,42)24-8-6-18(43-4)11-21(24)32/h5-8,11,13,19-20,23,25H,9-10,12,14-15H2,1-4H3,(H,35,38)/t19-,20?,23?,25+/m1/s1. The van der Waals surface area contributed by atoms with Crippen LogP contribution in [0.2, 0.25) is 10.0 Å². The van der Waals surface area contributed by atoms with Gasteiger partial charge in [0.1, 0.15) is 29.0 Å². The predicted octanol–water partition coefficient (Wildman–Crippen LogP) is 3.72. The molecule has 15 heteroatoms. The number of carbonyl (C=O) groups is 3. The Labute approximate surface area is 271 Å². The van der Waals surface area contributed by atoms with Crippen molar-refractivity contribution >= 4 is 50.9 Å². The molecule has 0 radical (unpaired) electrons. The highest BCUT2D eigenvalue weighted by atomic mass is 35.5. The second-order valence-corrected chi connectivity index (χ2v) is 15.5. The Morgan fingerprint density at radius 1 is 1.11 bits per heavy atom. The van der Waals surface area contributed by atoms with Crippen molar-refractivity contribution in [2.75, 3.05) is 20.2 Å². The Kier molecular flexibility index (Phi) is 8.72. The van der Waals surface area contributed by atoms with E-state index in [-0.39, 0.29) is 29.4 Å². The average Bonchev–Trinajstić information content (AvgIpc) is 3.56. The molecule has 3 amide bonds. The molecule has 240 valence electrons. The lowest BCUT2D eigenvalue weighted by Gasteiger charge is -2.48. The summed E-state index contributed by atoms with van der Waals surface area (Å²) in [7, 11) is -2.74. The average molecular weight is 679 g/mol. The van der Waals surface area contributed by atoms with Crippen molar-refractivity contribution in [1.29, 1.82) is 5.26 Å². The number of ether oxygens (including phenoxy) is 2. The van der Waals surface area contributed by atoms with E-state index in [1.54, 1.807) is 32.9 Å². The van der Waals surface area contributed by atoms with Gasteiger partial charge >= 0.3 is 6.09 Å². The first-order valence-electron chi connectivity index (χ1n) is 14.3. The molecule has 2 aromatic rings. The SMILES string of the molecule is COc1ccc(S(=O)(=O)[C@@H]2CC(C(=O)NC3(C#N)CC3)N(C(=O)[C@@H]3C(c4ccc(Cl)cn4)CN3C(=O)OC(C)(C)C)C2)c(Cl)c1. The van der Waals surface area contributed by atoms with Gasteiger partial charge in [0.05, 0.1) is 33.4 Å². The molecule has 2 aliphatic heterocycles. The summed E-state index contributed by atoms with van der Waals surface area (Å²) in [4.78, 5) is 47.9. The van der Waals surface area contributed by atoms with E-state index in [9.17, 15) is 28.1 Å². The number of hydrogen-bond acceptors (Lipinski definition) is 9. The molecule has 45 heavy (non-hydrogen) atoms. The summed E-state index contributed by atoms with van der Waals surface area (Å²) in [6.07, 6.45) is 1.34. The van der Waals surface area contributed by atoms with E-state index in [1.165, 1.54) is 41.3 Å². The number of halogens is 2. The number of likely N-dealkylation sites (tertiary alicyclic amines) is 2. The molecule has 2 unspecified atom stereocenters. The second-order valence-electron chi connectivity index (χ2n) is 12.5. The minimum Gasteiger partial charge on any atom is -0.497 e. The van der Waals surface area contributed by atoms with Gasteiger partial charge in [0.25, 0.3) is 0 Å². The lowest BCUT2D eigenvalue weighted by molar-refractivity contribution is -0.147. The van der Waals surface area contributed by atoms with Crippen LogP contribution < -0.4 is 10.1 Å². The Morgan fingerprint density at radius 3 is 2.38 bits per heavy atom. The molecule has 3 fully saturated rings. The van der Waals surface area contributed by atoms with E-state index in [0.29, 0.717) is 29.3 Å². The predicted molar refractivity (Wildman–Crippen MR) is 164 cm³/mol. The number of pyridine rings is 1. The quantitative estimate of drug-likeness (QED) is 0.461. The van der Waals surface area contributed by atoms with Gasteiger partial charge in [0.15, 0.2) is 9.84 Å². The van der Waals surface area contributed by atoms with Crippen LogP contribution in [0.5, 0.6) is 5.75 Å². The molecule has 0 spiro atoms. The maximum atomic E-state index is 14.4. The van der Waals surface area contributed by atoms with Gasteiger partial charge in [0, 0.05) is 37.0 Å². The van der Waals surface area contributed by atoms with Crippen molar-refractivity contribution in [1.82, 2.24) is 20.1 Å². The Bertz CT molecular complexity index is 1670. The highest BCUT2D eigenvalue weighted by molar-refractivity contribution is 7.92. The zero-order chi connectivity index (χ0) is 32.9.